The number of halogens is 5. The number of amides is 2. The van der Waals surface area contributed by atoms with E-state index in [1.165, 1.54) is 37.8 Å². The average Bonchev–Trinajstić information content (AvgIpc) is 2.90. The van der Waals surface area contributed by atoms with Crippen LogP contribution in [0.5, 0.6) is 11.8 Å². The van der Waals surface area contributed by atoms with Crippen LogP contribution in [-0.2, 0) is 16.0 Å². The lowest BCUT2D eigenvalue weighted by molar-refractivity contribution is -0.146. The molecule has 0 saturated carbocycles. The lowest BCUT2D eigenvalue weighted by atomic mass is 9.95. The summed E-state index contributed by atoms with van der Waals surface area (Å²) in [4.78, 5) is 37.3. The molecule has 1 aliphatic heterocycles. The Morgan fingerprint density at radius 3 is 2.45 bits per heavy atom. The molecular formula is C25H22Cl2F3N5O5. The van der Waals surface area contributed by atoms with Gasteiger partial charge in [-0.3, -0.25) is 14.6 Å². The molecule has 2 N–H and O–H groups in total. The van der Waals surface area contributed by atoms with Gasteiger partial charge in [0.25, 0.3) is 18.2 Å². The monoisotopic (exact) mass is 599 g/mol. The van der Waals surface area contributed by atoms with E-state index in [1.807, 2.05) is 0 Å². The fourth-order valence-corrected chi connectivity index (χ4v) is 4.27. The highest BCUT2D eigenvalue weighted by Crippen LogP contribution is 2.39. The highest BCUT2D eigenvalue weighted by atomic mass is 35.5. The van der Waals surface area contributed by atoms with Crippen molar-refractivity contribution < 1.29 is 37.0 Å². The van der Waals surface area contributed by atoms with E-state index in [9.17, 15) is 22.8 Å². The summed E-state index contributed by atoms with van der Waals surface area (Å²) in [6, 6.07) is 3.94. The molecule has 3 aromatic rings. The van der Waals surface area contributed by atoms with Crippen LogP contribution < -0.4 is 20.1 Å². The van der Waals surface area contributed by atoms with Gasteiger partial charge in [-0.05, 0) is 18.2 Å². The average molecular weight is 600 g/mol. The number of rotatable bonds is 11. The highest BCUT2D eigenvalue weighted by Gasteiger charge is 2.47. The second-order valence-corrected chi connectivity index (χ2v) is 9.46. The smallest absolute Gasteiger partial charge is 0.316 e. The minimum atomic E-state index is -2.75. The zero-order valence-electron chi connectivity index (χ0n) is 20.8. The number of ether oxygens (including phenoxy) is 3. The van der Waals surface area contributed by atoms with Gasteiger partial charge in [-0.1, -0.05) is 23.2 Å². The number of hydrogen-bond donors (Lipinski definition) is 2. The SMILES string of the molecule is COc1ncc(C(=O)NC2(C(=O)NCCc3ncc(-c4cc(Cl)cc(Cl)c4OCC(F)F)cc3F)COC2)cn1. The van der Waals surface area contributed by atoms with Gasteiger partial charge in [-0.25, -0.2) is 23.1 Å². The van der Waals surface area contributed by atoms with Crippen molar-refractivity contribution in [2.75, 3.05) is 33.5 Å². The molecule has 0 radical (unpaired) electrons. The number of pyridine rings is 1. The molecule has 0 spiro atoms. The van der Waals surface area contributed by atoms with Crippen molar-refractivity contribution >= 4 is 35.0 Å². The minimum absolute atomic E-state index is 0.00287. The summed E-state index contributed by atoms with van der Waals surface area (Å²) in [6.45, 7) is -1.03. The molecule has 1 aliphatic rings. The molecule has 3 heterocycles. The maximum absolute atomic E-state index is 14.9. The van der Waals surface area contributed by atoms with Gasteiger partial charge >= 0.3 is 6.01 Å². The number of carbonyl (C=O) groups is 2. The molecule has 0 atom stereocenters. The molecule has 212 valence electrons. The summed E-state index contributed by atoms with van der Waals surface area (Å²) in [5, 5.41) is 5.46. The molecule has 10 nitrogen and oxygen atoms in total. The van der Waals surface area contributed by atoms with E-state index in [0.717, 1.165) is 6.07 Å². The summed E-state index contributed by atoms with van der Waals surface area (Å²) in [6.07, 6.45) is 1.10. The van der Waals surface area contributed by atoms with E-state index >= 15 is 0 Å². The van der Waals surface area contributed by atoms with E-state index in [0.29, 0.717) is 0 Å². The topological polar surface area (TPSA) is 125 Å². The molecule has 0 unspecified atom stereocenters. The van der Waals surface area contributed by atoms with Gasteiger partial charge in [0, 0.05) is 47.7 Å². The van der Waals surface area contributed by atoms with Crippen LogP contribution in [0.3, 0.4) is 0 Å². The van der Waals surface area contributed by atoms with E-state index < -0.39 is 36.2 Å². The quantitative estimate of drug-likeness (QED) is 0.343. The maximum atomic E-state index is 14.9. The standard InChI is InChI=1S/C25H22Cl2F3N5O5/c1-38-24-33-8-14(9-34-24)22(36)35-25(11-39-12-25)23(37)31-3-2-19-18(28)4-13(7-32-19)16-5-15(26)6-17(27)21(16)40-10-20(29)30/h4-9,20H,2-3,10-12H2,1H3,(H,31,37)(H,35,36). The number of carbonyl (C=O) groups excluding carboxylic acids is 2. The molecule has 15 heteroatoms. The Balaban J connectivity index is 1.39. The second kappa shape index (κ2) is 12.7. The van der Waals surface area contributed by atoms with Crippen molar-refractivity contribution in [2.24, 2.45) is 0 Å². The molecule has 2 aromatic heterocycles. The lowest BCUT2D eigenvalue weighted by Gasteiger charge is -2.40. The molecule has 40 heavy (non-hydrogen) atoms. The van der Waals surface area contributed by atoms with Gasteiger partial charge in [-0.2, -0.15) is 0 Å². The number of hydrogen-bond acceptors (Lipinski definition) is 8. The molecule has 2 amide bonds. The van der Waals surface area contributed by atoms with Crippen molar-refractivity contribution in [1.29, 1.82) is 0 Å². The number of nitrogens with zero attached hydrogens (tertiary/aromatic N) is 3. The van der Waals surface area contributed by atoms with Gasteiger partial charge < -0.3 is 24.8 Å². The summed E-state index contributed by atoms with van der Waals surface area (Å²) >= 11 is 12.2. The van der Waals surface area contributed by atoms with Crippen LogP contribution in [-0.4, -0.2) is 72.2 Å². The van der Waals surface area contributed by atoms with Gasteiger partial charge in [0.2, 0.25) is 0 Å². The maximum Gasteiger partial charge on any atom is 0.316 e. The van der Waals surface area contributed by atoms with E-state index in [1.54, 1.807) is 0 Å². The summed E-state index contributed by atoms with van der Waals surface area (Å²) < 4.78 is 55.5. The lowest BCUT2D eigenvalue weighted by Crippen LogP contribution is -2.70. The van der Waals surface area contributed by atoms with Crippen molar-refractivity contribution in [3.05, 3.63) is 63.9 Å². The Morgan fingerprint density at radius 2 is 1.85 bits per heavy atom. The first kappa shape index (κ1) is 29.3. The van der Waals surface area contributed by atoms with Crippen LogP contribution in [0.1, 0.15) is 16.1 Å². The predicted molar refractivity (Wildman–Crippen MR) is 137 cm³/mol. The molecule has 0 bridgehead atoms. The number of nitrogens with one attached hydrogen (secondary N) is 2. The van der Waals surface area contributed by atoms with Crippen LogP contribution >= 0.6 is 23.2 Å². The zero-order valence-corrected chi connectivity index (χ0v) is 22.4. The Morgan fingerprint density at radius 1 is 1.12 bits per heavy atom. The Labute approximate surface area is 236 Å². The number of aromatic nitrogens is 3. The van der Waals surface area contributed by atoms with Crippen LogP contribution in [0.2, 0.25) is 10.0 Å². The van der Waals surface area contributed by atoms with Crippen LogP contribution in [0.25, 0.3) is 11.1 Å². The molecule has 1 aromatic carbocycles. The van der Waals surface area contributed by atoms with E-state index in [-0.39, 0.29) is 70.4 Å². The van der Waals surface area contributed by atoms with Gasteiger partial charge in [-0.15, -0.1) is 0 Å². The molecule has 0 aliphatic carbocycles. The second-order valence-electron chi connectivity index (χ2n) is 8.61. The van der Waals surface area contributed by atoms with Crippen molar-refractivity contribution in [2.45, 2.75) is 18.4 Å². The third-order valence-corrected chi connectivity index (χ3v) is 6.29. The van der Waals surface area contributed by atoms with Gasteiger partial charge in [0.15, 0.2) is 5.54 Å². The third kappa shape index (κ3) is 6.72. The Kier molecular flexibility index (Phi) is 9.28. The normalized spacial score (nSPS) is 13.9. The van der Waals surface area contributed by atoms with Crippen molar-refractivity contribution in [3.63, 3.8) is 0 Å². The fourth-order valence-electron chi connectivity index (χ4n) is 3.72. The first-order valence-electron chi connectivity index (χ1n) is 11.7. The third-order valence-electron chi connectivity index (χ3n) is 5.80. The summed E-state index contributed by atoms with van der Waals surface area (Å²) in [5.41, 5.74) is -0.766. The van der Waals surface area contributed by atoms with Crippen LogP contribution in [0, 0.1) is 5.82 Å². The predicted octanol–water partition coefficient (Wildman–Crippen LogP) is 3.49. The summed E-state index contributed by atoms with van der Waals surface area (Å²) in [5.74, 6) is -1.89. The van der Waals surface area contributed by atoms with E-state index in [4.69, 9.17) is 37.4 Å². The van der Waals surface area contributed by atoms with Crippen molar-refractivity contribution in [1.82, 2.24) is 25.6 Å². The summed E-state index contributed by atoms with van der Waals surface area (Å²) in [7, 11) is 1.38. The van der Waals surface area contributed by atoms with Crippen molar-refractivity contribution in [3.8, 4) is 22.9 Å². The number of alkyl halides is 2. The number of benzene rings is 1. The minimum Gasteiger partial charge on any atom is -0.485 e. The highest BCUT2D eigenvalue weighted by molar-refractivity contribution is 6.36. The Hall–Kier alpha value is -3.68. The van der Waals surface area contributed by atoms with Gasteiger partial charge in [0.05, 0.1) is 36.6 Å². The largest absolute Gasteiger partial charge is 0.485 e. The first-order chi connectivity index (χ1) is 19.1. The van der Waals surface area contributed by atoms with Crippen LogP contribution in [0.15, 0.2) is 36.8 Å². The molecular weight excluding hydrogens is 578 g/mol. The first-order valence-corrected chi connectivity index (χ1v) is 12.5. The number of methoxy groups -OCH3 is 1. The Bertz CT molecular complexity index is 1390. The van der Waals surface area contributed by atoms with Crippen LogP contribution in [0.4, 0.5) is 13.2 Å². The van der Waals surface area contributed by atoms with E-state index in [2.05, 4.69) is 25.6 Å². The zero-order chi connectivity index (χ0) is 28.9. The fraction of sp³-hybridized carbons (Fsp3) is 0.320. The van der Waals surface area contributed by atoms with Gasteiger partial charge in [0.1, 0.15) is 18.2 Å². The molecule has 4 rings (SSSR count). The molecule has 1 saturated heterocycles. The molecule has 1 fully saturated rings.